The number of benzene rings is 1. The molecule has 0 aliphatic carbocycles. The smallest absolute Gasteiger partial charge is 0.154 e. The zero-order chi connectivity index (χ0) is 10.1. The lowest BCUT2D eigenvalue weighted by Gasteiger charge is -1.95. The number of rotatable bonds is 1. The summed E-state index contributed by atoms with van der Waals surface area (Å²) < 4.78 is 2.24. The highest BCUT2D eigenvalue weighted by molar-refractivity contribution is 7.09. The van der Waals surface area contributed by atoms with Crippen molar-refractivity contribution in [2.24, 2.45) is 0 Å². The lowest BCUT2D eigenvalue weighted by Crippen LogP contribution is -2.30. The van der Waals surface area contributed by atoms with Crippen molar-refractivity contribution in [2.75, 3.05) is 0 Å². The van der Waals surface area contributed by atoms with E-state index < -0.39 is 0 Å². The summed E-state index contributed by atoms with van der Waals surface area (Å²) in [4.78, 5) is 1.38. The van der Waals surface area contributed by atoms with Crippen LogP contribution in [0.15, 0.2) is 29.8 Å². The van der Waals surface area contributed by atoms with E-state index in [1.165, 1.54) is 21.8 Å². The number of thiazole rings is 1. The van der Waals surface area contributed by atoms with E-state index >= 15 is 0 Å². The Morgan fingerprint density at radius 1 is 1.00 bits per heavy atom. The SMILES string of the molecule is Cc1ccc(-[n+]2csc(C)c2C)cc1. The van der Waals surface area contributed by atoms with Gasteiger partial charge >= 0.3 is 0 Å². The second-order valence-corrected chi connectivity index (χ2v) is 4.63. The maximum absolute atomic E-state index is 2.24. The maximum Gasteiger partial charge on any atom is 0.231 e. The van der Waals surface area contributed by atoms with Crippen molar-refractivity contribution in [3.8, 4) is 5.69 Å². The van der Waals surface area contributed by atoms with E-state index in [4.69, 9.17) is 0 Å². The quantitative estimate of drug-likeness (QED) is 0.629. The van der Waals surface area contributed by atoms with Crippen molar-refractivity contribution in [1.82, 2.24) is 0 Å². The molecule has 0 aliphatic rings. The van der Waals surface area contributed by atoms with E-state index in [9.17, 15) is 0 Å². The van der Waals surface area contributed by atoms with Gasteiger partial charge in [-0.25, -0.2) is 0 Å². The third-order valence-corrected chi connectivity index (χ3v) is 3.48. The molecule has 0 atom stereocenters. The van der Waals surface area contributed by atoms with E-state index in [1.54, 1.807) is 11.3 Å². The second kappa shape index (κ2) is 3.54. The molecule has 0 amide bonds. The lowest BCUT2D eigenvalue weighted by molar-refractivity contribution is -0.597. The Bertz CT molecular complexity index is 440. The van der Waals surface area contributed by atoms with Crippen LogP contribution in [-0.4, -0.2) is 0 Å². The summed E-state index contributed by atoms with van der Waals surface area (Å²) in [6.45, 7) is 6.43. The van der Waals surface area contributed by atoms with Crippen LogP contribution in [0.2, 0.25) is 0 Å². The molecule has 72 valence electrons. The zero-order valence-corrected chi connectivity index (χ0v) is 9.56. The molecule has 0 spiro atoms. The average molecular weight is 204 g/mol. The van der Waals surface area contributed by atoms with E-state index in [0.29, 0.717) is 0 Å². The minimum Gasteiger partial charge on any atom is -0.154 e. The summed E-state index contributed by atoms with van der Waals surface area (Å²) in [5.74, 6) is 0. The van der Waals surface area contributed by atoms with Gasteiger partial charge in [-0.3, -0.25) is 0 Å². The molecule has 1 nitrogen and oxygen atoms in total. The summed E-state index contributed by atoms with van der Waals surface area (Å²) in [5.41, 5.74) is 6.05. The number of aryl methyl sites for hydroxylation is 2. The summed E-state index contributed by atoms with van der Waals surface area (Å²) in [6, 6.07) is 8.62. The molecule has 2 heteroatoms. The van der Waals surface area contributed by atoms with Crippen molar-refractivity contribution >= 4 is 11.3 Å². The third kappa shape index (κ3) is 1.58. The van der Waals surface area contributed by atoms with Crippen LogP contribution >= 0.6 is 11.3 Å². The number of aromatic nitrogens is 1. The van der Waals surface area contributed by atoms with E-state index in [2.05, 4.69) is 55.1 Å². The van der Waals surface area contributed by atoms with Crippen LogP contribution in [0.4, 0.5) is 0 Å². The monoisotopic (exact) mass is 204 g/mol. The van der Waals surface area contributed by atoms with Crippen LogP contribution in [0.25, 0.3) is 5.69 Å². The first kappa shape index (κ1) is 9.41. The molecule has 0 aliphatic heterocycles. The minimum absolute atomic E-state index is 1.25. The van der Waals surface area contributed by atoms with Gasteiger partial charge in [0.1, 0.15) is 0 Å². The zero-order valence-electron chi connectivity index (χ0n) is 8.74. The molecule has 2 aromatic rings. The first-order valence-electron chi connectivity index (χ1n) is 4.72. The molecule has 0 fully saturated rings. The molecule has 0 bridgehead atoms. The maximum atomic E-state index is 2.24. The fourth-order valence-electron chi connectivity index (χ4n) is 1.43. The first-order chi connectivity index (χ1) is 6.68. The van der Waals surface area contributed by atoms with Gasteiger partial charge in [0.15, 0.2) is 5.69 Å². The van der Waals surface area contributed by atoms with Crippen LogP contribution in [0.1, 0.15) is 16.1 Å². The molecular weight excluding hydrogens is 190 g/mol. The number of hydrogen-bond acceptors (Lipinski definition) is 1. The summed E-state index contributed by atoms with van der Waals surface area (Å²) >= 11 is 1.79. The van der Waals surface area contributed by atoms with Crippen molar-refractivity contribution in [3.05, 3.63) is 45.9 Å². The van der Waals surface area contributed by atoms with Crippen LogP contribution < -0.4 is 4.57 Å². The highest BCUT2D eigenvalue weighted by Crippen LogP contribution is 2.12. The summed E-state index contributed by atoms with van der Waals surface area (Å²) in [6.07, 6.45) is 0. The topological polar surface area (TPSA) is 3.88 Å². The molecule has 0 radical (unpaired) electrons. The van der Waals surface area contributed by atoms with Crippen LogP contribution in [-0.2, 0) is 0 Å². The normalized spacial score (nSPS) is 10.5. The van der Waals surface area contributed by atoms with Gasteiger partial charge in [-0.2, -0.15) is 4.57 Å². The van der Waals surface area contributed by atoms with E-state index in [0.717, 1.165) is 0 Å². The van der Waals surface area contributed by atoms with Crippen molar-refractivity contribution < 1.29 is 4.57 Å². The van der Waals surface area contributed by atoms with Gasteiger partial charge < -0.3 is 0 Å². The molecule has 0 unspecified atom stereocenters. The highest BCUT2D eigenvalue weighted by Gasteiger charge is 2.13. The standard InChI is InChI=1S/C12H14NS/c1-9-4-6-12(7-5-9)13-8-14-11(3)10(13)2/h4-8H,1-3H3/q+1. The van der Waals surface area contributed by atoms with Gasteiger partial charge in [-0.15, -0.1) is 0 Å². The Morgan fingerprint density at radius 2 is 1.64 bits per heavy atom. The molecule has 0 saturated heterocycles. The number of nitrogens with zero attached hydrogens (tertiary/aromatic N) is 1. The molecule has 2 rings (SSSR count). The highest BCUT2D eigenvalue weighted by atomic mass is 32.1. The summed E-state index contributed by atoms with van der Waals surface area (Å²) in [5, 5.41) is 0. The van der Waals surface area contributed by atoms with Gasteiger partial charge in [0.25, 0.3) is 0 Å². The van der Waals surface area contributed by atoms with Gasteiger partial charge in [0.2, 0.25) is 11.2 Å². The van der Waals surface area contributed by atoms with Crippen LogP contribution in [0.5, 0.6) is 0 Å². The Hall–Kier alpha value is -1.15. The second-order valence-electron chi connectivity index (χ2n) is 3.57. The number of hydrogen-bond donors (Lipinski definition) is 0. The Labute approximate surface area is 88.7 Å². The Balaban J connectivity index is 2.49. The minimum atomic E-state index is 1.25. The molecule has 0 N–H and O–H groups in total. The molecule has 1 aromatic carbocycles. The Kier molecular flexibility index (Phi) is 2.38. The molecule has 1 aromatic heterocycles. The largest absolute Gasteiger partial charge is 0.231 e. The fourth-order valence-corrected chi connectivity index (χ4v) is 2.24. The first-order valence-corrected chi connectivity index (χ1v) is 5.60. The van der Waals surface area contributed by atoms with Crippen molar-refractivity contribution in [2.45, 2.75) is 20.8 Å². The Morgan fingerprint density at radius 3 is 2.14 bits per heavy atom. The fraction of sp³-hybridized carbons (Fsp3) is 0.250. The van der Waals surface area contributed by atoms with E-state index in [-0.39, 0.29) is 0 Å². The van der Waals surface area contributed by atoms with Crippen molar-refractivity contribution in [3.63, 3.8) is 0 Å². The predicted octanol–water partition coefficient (Wildman–Crippen LogP) is 2.95. The third-order valence-electron chi connectivity index (χ3n) is 2.52. The van der Waals surface area contributed by atoms with Crippen molar-refractivity contribution in [1.29, 1.82) is 0 Å². The average Bonchev–Trinajstić information content (AvgIpc) is 2.50. The molecular formula is C12H14NS+. The van der Waals surface area contributed by atoms with Crippen LogP contribution in [0, 0.1) is 20.8 Å². The van der Waals surface area contributed by atoms with Gasteiger partial charge in [0, 0.05) is 19.1 Å². The molecule has 14 heavy (non-hydrogen) atoms. The lowest BCUT2D eigenvalue weighted by atomic mass is 10.2. The summed E-state index contributed by atoms with van der Waals surface area (Å²) in [7, 11) is 0. The van der Waals surface area contributed by atoms with Gasteiger partial charge in [0.05, 0.1) is 4.88 Å². The molecule has 1 heterocycles. The molecule has 0 saturated carbocycles. The van der Waals surface area contributed by atoms with Gasteiger partial charge in [-0.05, 0) is 13.8 Å². The van der Waals surface area contributed by atoms with Crippen LogP contribution in [0.3, 0.4) is 0 Å². The predicted molar refractivity (Wildman–Crippen MR) is 60.1 cm³/mol. The van der Waals surface area contributed by atoms with Gasteiger partial charge in [-0.1, -0.05) is 29.0 Å². The van der Waals surface area contributed by atoms with E-state index in [1.807, 2.05) is 0 Å².